The molecule has 1 aliphatic rings. The van der Waals surface area contributed by atoms with E-state index >= 15 is 0 Å². The summed E-state index contributed by atoms with van der Waals surface area (Å²) >= 11 is 0. The Morgan fingerprint density at radius 3 is 2.79 bits per heavy atom. The van der Waals surface area contributed by atoms with Gasteiger partial charge < -0.3 is 4.74 Å². The van der Waals surface area contributed by atoms with Gasteiger partial charge in [-0.15, -0.1) is 0 Å². The quantitative estimate of drug-likeness (QED) is 0.617. The Morgan fingerprint density at radius 2 is 2.07 bits per heavy atom. The highest BCUT2D eigenvalue weighted by Crippen LogP contribution is 2.30. The normalized spacial score (nSPS) is 13.3. The summed E-state index contributed by atoms with van der Waals surface area (Å²) in [5.41, 5.74) is 1.81. The average Bonchev–Trinajstić information content (AvgIpc) is 2.27. The Hall–Kier alpha value is -2.00. The first kappa shape index (κ1) is 8.59. The summed E-state index contributed by atoms with van der Waals surface area (Å²) in [6.45, 7) is 0.635. The maximum atomic E-state index is 8.92. The maximum absolute atomic E-state index is 8.92. The van der Waals surface area contributed by atoms with Crippen LogP contribution in [-0.4, -0.2) is 6.61 Å². The molecule has 14 heavy (non-hydrogen) atoms. The molecule has 1 aromatic carbocycles. The summed E-state index contributed by atoms with van der Waals surface area (Å²) in [4.78, 5) is 0. The minimum atomic E-state index is 0.379. The topological polar surface area (TPSA) is 56.8 Å². The fourth-order valence-corrected chi connectivity index (χ4v) is 1.63. The van der Waals surface area contributed by atoms with Gasteiger partial charge in [-0.3, -0.25) is 0 Å². The molecule has 3 heteroatoms. The SMILES string of the molecule is N#Cc1ccc2c(c1C#N)OCCC2. The molecule has 1 heterocycles. The van der Waals surface area contributed by atoms with Crippen LogP contribution in [0, 0.1) is 22.7 Å². The van der Waals surface area contributed by atoms with Crippen molar-refractivity contribution in [3.63, 3.8) is 0 Å². The second-order valence-corrected chi connectivity index (χ2v) is 3.15. The van der Waals surface area contributed by atoms with E-state index in [1.165, 1.54) is 0 Å². The first-order valence-electron chi connectivity index (χ1n) is 4.45. The fourth-order valence-electron chi connectivity index (χ4n) is 1.63. The van der Waals surface area contributed by atoms with Crippen LogP contribution in [-0.2, 0) is 6.42 Å². The minimum absolute atomic E-state index is 0.379. The third kappa shape index (κ3) is 1.20. The number of ether oxygens (including phenoxy) is 1. The summed E-state index contributed by atoms with van der Waals surface area (Å²) in [5.74, 6) is 0.609. The maximum Gasteiger partial charge on any atom is 0.141 e. The molecule has 1 aliphatic heterocycles. The van der Waals surface area contributed by atoms with Crippen LogP contribution >= 0.6 is 0 Å². The Labute approximate surface area is 82.1 Å². The molecular weight excluding hydrogens is 176 g/mol. The molecule has 0 atom stereocenters. The largest absolute Gasteiger partial charge is 0.492 e. The van der Waals surface area contributed by atoms with Crippen molar-refractivity contribution in [1.29, 1.82) is 10.5 Å². The Bertz CT molecular complexity index is 452. The zero-order valence-electron chi connectivity index (χ0n) is 7.58. The van der Waals surface area contributed by atoms with Crippen LogP contribution in [0.25, 0.3) is 0 Å². The highest BCUT2D eigenvalue weighted by molar-refractivity contribution is 5.58. The zero-order valence-corrected chi connectivity index (χ0v) is 7.58. The lowest BCUT2D eigenvalue weighted by molar-refractivity contribution is 0.287. The second-order valence-electron chi connectivity index (χ2n) is 3.15. The summed E-state index contributed by atoms with van der Waals surface area (Å²) in [6, 6.07) is 7.58. The Balaban J connectivity index is 2.64. The number of hydrogen-bond acceptors (Lipinski definition) is 3. The lowest BCUT2D eigenvalue weighted by Crippen LogP contribution is -2.10. The van der Waals surface area contributed by atoms with E-state index in [2.05, 4.69) is 0 Å². The molecule has 0 amide bonds. The van der Waals surface area contributed by atoms with Crippen molar-refractivity contribution in [2.45, 2.75) is 12.8 Å². The number of nitrogens with zero attached hydrogens (tertiary/aromatic N) is 2. The zero-order chi connectivity index (χ0) is 9.97. The third-order valence-electron chi connectivity index (χ3n) is 2.31. The molecule has 0 fully saturated rings. The first-order chi connectivity index (χ1) is 6.86. The molecule has 0 saturated carbocycles. The van der Waals surface area contributed by atoms with E-state index in [0.717, 1.165) is 18.4 Å². The van der Waals surface area contributed by atoms with Gasteiger partial charge in [0.1, 0.15) is 23.5 Å². The van der Waals surface area contributed by atoms with Crippen molar-refractivity contribution < 1.29 is 4.74 Å². The molecule has 2 rings (SSSR count). The van der Waals surface area contributed by atoms with Crippen LogP contribution in [0.15, 0.2) is 12.1 Å². The lowest BCUT2D eigenvalue weighted by Gasteiger charge is -2.18. The van der Waals surface area contributed by atoms with Crippen molar-refractivity contribution in [2.24, 2.45) is 0 Å². The van der Waals surface area contributed by atoms with E-state index in [1.807, 2.05) is 18.2 Å². The number of fused-ring (bicyclic) bond motifs is 1. The van der Waals surface area contributed by atoms with E-state index < -0.39 is 0 Å². The molecule has 0 radical (unpaired) electrons. The highest BCUT2D eigenvalue weighted by Gasteiger charge is 2.17. The Morgan fingerprint density at radius 1 is 1.21 bits per heavy atom. The van der Waals surface area contributed by atoms with Crippen LogP contribution in [0.3, 0.4) is 0 Å². The molecule has 0 bridgehead atoms. The van der Waals surface area contributed by atoms with Gasteiger partial charge in [-0.1, -0.05) is 6.07 Å². The van der Waals surface area contributed by atoms with E-state index in [4.69, 9.17) is 15.3 Å². The fraction of sp³-hybridized carbons (Fsp3) is 0.273. The van der Waals surface area contributed by atoms with Crippen LogP contribution in [0.5, 0.6) is 5.75 Å². The number of aryl methyl sites for hydroxylation is 1. The van der Waals surface area contributed by atoms with Gasteiger partial charge >= 0.3 is 0 Å². The van der Waals surface area contributed by atoms with Gasteiger partial charge in [-0.05, 0) is 24.5 Å². The van der Waals surface area contributed by atoms with E-state index in [0.29, 0.717) is 23.5 Å². The molecule has 0 unspecified atom stereocenters. The van der Waals surface area contributed by atoms with Crippen LogP contribution in [0.4, 0.5) is 0 Å². The number of rotatable bonds is 0. The molecule has 3 nitrogen and oxygen atoms in total. The standard InChI is InChI=1S/C11H8N2O/c12-6-9-4-3-8-2-1-5-14-11(8)10(9)7-13/h3-4H,1-2,5H2. The van der Waals surface area contributed by atoms with Crippen molar-refractivity contribution in [3.05, 3.63) is 28.8 Å². The van der Waals surface area contributed by atoms with Gasteiger partial charge in [0.05, 0.1) is 12.2 Å². The molecule has 68 valence electrons. The van der Waals surface area contributed by atoms with Gasteiger partial charge in [0.25, 0.3) is 0 Å². The molecule has 0 aliphatic carbocycles. The molecule has 1 aromatic rings. The van der Waals surface area contributed by atoms with Gasteiger partial charge in [0, 0.05) is 0 Å². The monoisotopic (exact) mass is 184 g/mol. The summed E-state index contributed by atoms with van der Waals surface area (Å²) in [6.07, 6.45) is 1.90. The van der Waals surface area contributed by atoms with Gasteiger partial charge in [-0.25, -0.2) is 0 Å². The first-order valence-corrected chi connectivity index (χ1v) is 4.45. The van der Waals surface area contributed by atoms with Crippen LogP contribution < -0.4 is 4.74 Å². The molecule has 0 spiro atoms. The predicted molar refractivity (Wildman–Crippen MR) is 49.7 cm³/mol. The number of nitriles is 2. The van der Waals surface area contributed by atoms with Gasteiger partial charge in [0.15, 0.2) is 0 Å². The van der Waals surface area contributed by atoms with E-state index in [1.54, 1.807) is 6.07 Å². The van der Waals surface area contributed by atoms with Gasteiger partial charge in [0.2, 0.25) is 0 Å². The van der Waals surface area contributed by atoms with Crippen molar-refractivity contribution in [1.82, 2.24) is 0 Å². The van der Waals surface area contributed by atoms with Crippen molar-refractivity contribution in [2.75, 3.05) is 6.61 Å². The Kier molecular flexibility index (Phi) is 2.08. The molecule has 0 N–H and O–H groups in total. The molecule has 0 aromatic heterocycles. The van der Waals surface area contributed by atoms with Gasteiger partial charge in [-0.2, -0.15) is 10.5 Å². The summed E-state index contributed by atoms with van der Waals surface area (Å²) < 4.78 is 5.41. The molecule has 0 saturated heterocycles. The number of hydrogen-bond donors (Lipinski definition) is 0. The minimum Gasteiger partial charge on any atom is -0.492 e. The van der Waals surface area contributed by atoms with E-state index in [-0.39, 0.29) is 0 Å². The van der Waals surface area contributed by atoms with Crippen LogP contribution in [0.1, 0.15) is 23.1 Å². The smallest absolute Gasteiger partial charge is 0.141 e. The lowest BCUT2D eigenvalue weighted by atomic mass is 9.99. The number of benzene rings is 1. The average molecular weight is 184 g/mol. The van der Waals surface area contributed by atoms with Crippen LogP contribution in [0.2, 0.25) is 0 Å². The van der Waals surface area contributed by atoms with Crippen molar-refractivity contribution in [3.8, 4) is 17.9 Å². The van der Waals surface area contributed by atoms with Crippen molar-refractivity contribution >= 4 is 0 Å². The second kappa shape index (κ2) is 3.40. The highest BCUT2D eigenvalue weighted by atomic mass is 16.5. The molecular formula is C11H8N2O. The predicted octanol–water partition coefficient (Wildman–Crippen LogP) is 1.75. The summed E-state index contributed by atoms with van der Waals surface area (Å²) in [5, 5.41) is 17.7. The van der Waals surface area contributed by atoms with E-state index in [9.17, 15) is 0 Å². The summed E-state index contributed by atoms with van der Waals surface area (Å²) in [7, 11) is 0. The third-order valence-corrected chi connectivity index (χ3v) is 2.31.